The number of nitrogens with zero attached hydrogens (tertiary/aromatic N) is 3. The quantitative estimate of drug-likeness (QED) is 0.387. The average molecular weight is 499 g/mol. The van der Waals surface area contributed by atoms with Crippen molar-refractivity contribution in [2.75, 3.05) is 31.5 Å². The molecule has 34 heavy (non-hydrogen) atoms. The molecule has 0 aliphatic carbocycles. The molecule has 1 aliphatic rings. The molecule has 10 heteroatoms. The molecule has 0 saturated carbocycles. The first-order valence-corrected chi connectivity index (χ1v) is 12.1. The van der Waals surface area contributed by atoms with Crippen LogP contribution in [0.4, 0.5) is 11.4 Å². The number of rotatable bonds is 6. The zero-order chi connectivity index (χ0) is 24.1. The van der Waals surface area contributed by atoms with Crippen LogP contribution in [0, 0.1) is 10.1 Å². The zero-order valence-corrected chi connectivity index (χ0v) is 19.8. The minimum Gasteiger partial charge on any atom is -0.337 e. The van der Waals surface area contributed by atoms with Gasteiger partial charge in [-0.2, -0.15) is 11.3 Å². The Labute approximate surface area is 205 Å². The molecule has 2 heterocycles. The van der Waals surface area contributed by atoms with E-state index in [1.165, 1.54) is 23.5 Å². The molecule has 2 aromatic carbocycles. The number of amides is 2. The Bertz CT molecular complexity index is 1170. The van der Waals surface area contributed by atoms with Gasteiger partial charge < -0.3 is 10.2 Å². The number of carbonyl (C=O) groups is 2. The van der Waals surface area contributed by atoms with Gasteiger partial charge in [-0.1, -0.05) is 41.9 Å². The van der Waals surface area contributed by atoms with Crippen LogP contribution in [-0.4, -0.2) is 52.7 Å². The normalized spacial score (nSPS) is 15.4. The lowest BCUT2D eigenvalue weighted by Crippen LogP contribution is -2.40. The van der Waals surface area contributed by atoms with Crippen LogP contribution in [0.3, 0.4) is 0 Å². The van der Waals surface area contributed by atoms with Gasteiger partial charge in [-0.15, -0.1) is 0 Å². The van der Waals surface area contributed by atoms with E-state index >= 15 is 0 Å². The van der Waals surface area contributed by atoms with E-state index in [4.69, 9.17) is 11.6 Å². The Morgan fingerprint density at radius 3 is 2.56 bits per heavy atom. The molecule has 1 aromatic heterocycles. The molecule has 1 unspecified atom stereocenters. The first kappa shape index (κ1) is 23.9. The molecular formula is C24H23ClN4O4S. The van der Waals surface area contributed by atoms with E-state index in [9.17, 15) is 19.7 Å². The number of nitro groups is 1. The van der Waals surface area contributed by atoms with Gasteiger partial charge >= 0.3 is 0 Å². The molecule has 1 aliphatic heterocycles. The monoisotopic (exact) mass is 498 g/mol. The number of halogens is 1. The Kier molecular flexibility index (Phi) is 7.56. The highest BCUT2D eigenvalue weighted by molar-refractivity contribution is 7.08. The summed E-state index contributed by atoms with van der Waals surface area (Å²) in [5.41, 5.74) is 1.51. The van der Waals surface area contributed by atoms with E-state index < -0.39 is 11.0 Å². The summed E-state index contributed by atoms with van der Waals surface area (Å²) >= 11 is 7.40. The van der Waals surface area contributed by atoms with Crippen LogP contribution in [-0.2, 0) is 4.79 Å². The predicted molar refractivity (Wildman–Crippen MR) is 132 cm³/mol. The number of anilines is 1. The molecule has 1 fully saturated rings. The number of carbonyl (C=O) groups excluding carboxylic acids is 2. The number of nitrogens with one attached hydrogen (secondary N) is 1. The van der Waals surface area contributed by atoms with E-state index in [0.717, 1.165) is 12.0 Å². The second kappa shape index (κ2) is 10.8. The molecular weight excluding hydrogens is 476 g/mol. The van der Waals surface area contributed by atoms with Gasteiger partial charge in [0.1, 0.15) is 11.1 Å². The molecule has 0 spiro atoms. The maximum absolute atomic E-state index is 13.5. The Balaban J connectivity index is 1.55. The topological polar surface area (TPSA) is 95.8 Å². The predicted octanol–water partition coefficient (Wildman–Crippen LogP) is 4.84. The van der Waals surface area contributed by atoms with E-state index in [0.29, 0.717) is 37.4 Å². The van der Waals surface area contributed by atoms with E-state index in [1.54, 1.807) is 6.07 Å². The van der Waals surface area contributed by atoms with Crippen molar-refractivity contribution in [1.29, 1.82) is 0 Å². The molecule has 2 amide bonds. The van der Waals surface area contributed by atoms with Crippen molar-refractivity contribution in [3.63, 3.8) is 0 Å². The van der Waals surface area contributed by atoms with Gasteiger partial charge in [-0.05, 0) is 35.6 Å². The molecule has 0 radical (unpaired) electrons. The first-order valence-electron chi connectivity index (χ1n) is 10.8. The van der Waals surface area contributed by atoms with E-state index in [-0.39, 0.29) is 22.5 Å². The number of thiophene rings is 1. The van der Waals surface area contributed by atoms with Crippen molar-refractivity contribution < 1.29 is 14.5 Å². The number of hydrogen-bond acceptors (Lipinski definition) is 6. The molecule has 1 atom stereocenters. The molecule has 3 aromatic rings. The highest BCUT2D eigenvalue weighted by atomic mass is 35.5. The summed E-state index contributed by atoms with van der Waals surface area (Å²) in [6, 6.07) is 14.8. The van der Waals surface area contributed by atoms with Gasteiger partial charge in [0.05, 0.1) is 10.5 Å². The van der Waals surface area contributed by atoms with E-state index in [1.807, 2.05) is 52.1 Å². The van der Waals surface area contributed by atoms with Gasteiger partial charge in [0.25, 0.3) is 11.6 Å². The lowest BCUT2D eigenvalue weighted by Gasteiger charge is -2.30. The number of benzene rings is 2. The fourth-order valence-corrected chi connectivity index (χ4v) is 4.89. The minimum atomic E-state index is -0.618. The lowest BCUT2D eigenvalue weighted by molar-refractivity contribution is -0.384. The van der Waals surface area contributed by atoms with Crippen LogP contribution in [0.5, 0.6) is 0 Å². The summed E-state index contributed by atoms with van der Waals surface area (Å²) in [5.74, 6) is -0.308. The number of hydrogen-bond donors (Lipinski definition) is 1. The van der Waals surface area contributed by atoms with Crippen LogP contribution in [0.25, 0.3) is 0 Å². The van der Waals surface area contributed by atoms with Gasteiger partial charge in [0.15, 0.2) is 0 Å². The van der Waals surface area contributed by atoms with Crippen LogP contribution >= 0.6 is 22.9 Å². The second-order valence-corrected chi connectivity index (χ2v) is 9.11. The highest BCUT2D eigenvalue weighted by Crippen LogP contribution is 2.29. The summed E-state index contributed by atoms with van der Waals surface area (Å²) in [6.07, 6.45) is 0.721. The standard InChI is InChI=1S/C24H23ClN4O4S/c25-20-8-7-19(15-21(20)29(32)33)26-23(30)22(17-5-2-1-3-6-17)27-10-4-11-28(13-12-27)24(31)18-9-14-34-16-18/h1-3,5-9,14-16,22H,4,10-13H2,(H,26,30). The highest BCUT2D eigenvalue weighted by Gasteiger charge is 2.31. The largest absolute Gasteiger partial charge is 0.337 e. The van der Waals surface area contributed by atoms with Crippen LogP contribution < -0.4 is 5.32 Å². The lowest BCUT2D eigenvalue weighted by atomic mass is 10.0. The first-order chi connectivity index (χ1) is 16.4. The van der Waals surface area contributed by atoms with Crippen molar-refractivity contribution in [3.05, 3.63) is 91.6 Å². The summed E-state index contributed by atoms with van der Waals surface area (Å²) in [7, 11) is 0. The van der Waals surface area contributed by atoms with Crippen molar-refractivity contribution in [3.8, 4) is 0 Å². The number of nitro benzene ring substituents is 1. The fourth-order valence-electron chi connectivity index (χ4n) is 4.07. The fraction of sp³-hybridized carbons (Fsp3) is 0.250. The third-order valence-electron chi connectivity index (χ3n) is 5.73. The van der Waals surface area contributed by atoms with Crippen LogP contribution in [0.2, 0.25) is 5.02 Å². The molecule has 1 saturated heterocycles. The summed E-state index contributed by atoms with van der Waals surface area (Å²) in [5, 5.41) is 17.8. The van der Waals surface area contributed by atoms with Gasteiger partial charge in [0, 0.05) is 43.3 Å². The summed E-state index contributed by atoms with van der Waals surface area (Å²) in [6.45, 7) is 2.25. The average Bonchev–Trinajstić information content (AvgIpc) is 3.27. The Morgan fingerprint density at radius 1 is 1.06 bits per heavy atom. The smallest absolute Gasteiger partial charge is 0.289 e. The van der Waals surface area contributed by atoms with Crippen LogP contribution in [0.1, 0.15) is 28.4 Å². The maximum Gasteiger partial charge on any atom is 0.289 e. The second-order valence-electron chi connectivity index (χ2n) is 7.92. The summed E-state index contributed by atoms with van der Waals surface area (Å²) in [4.78, 5) is 40.8. The van der Waals surface area contributed by atoms with Crippen molar-refractivity contribution in [2.24, 2.45) is 0 Å². The SMILES string of the molecule is O=C(Nc1ccc(Cl)c([N+](=O)[O-])c1)C(c1ccccc1)N1CCCN(C(=O)c2ccsc2)CC1. The summed E-state index contributed by atoms with van der Waals surface area (Å²) < 4.78 is 0. The Hall–Kier alpha value is -3.27. The minimum absolute atomic E-state index is 0.00251. The maximum atomic E-state index is 13.5. The zero-order valence-electron chi connectivity index (χ0n) is 18.2. The molecule has 0 bridgehead atoms. The van der Waals surface area contributed by atoms with Crippen LogP contribution in [0.15, 0.2) is 65.4 Å². The third-order valence-corrected chi connectivity index (χ3v) is 6.73. The molecule has 1 N–H and O–H groups in total. The van der Waals surface area contributed by atoms with Crippen molar-refractivity contribution >= 4 is 46.1 Å². The van der Waals surface area contributed by atoms with Gasteiger partial charge in [-0.25, -0.2) is 0 Å². The molecule has 176 valence electrons. The third kappa shape index (κ3) is 5.44. The van der Waals surface area contributed by atoms with Crippen molar-refractivity contribution in [1.82, 2.24) is 9.80 Å². The van der Waals surface area contributed by atoms with Gasteiger partial charge in [0.2, 0.25) is 5.91 Å². The molecule has 4 rings (SSSR count). The van der Waals surface area contributed by atoms with Gasteiger partial charge in [-0.3, -0.25) is 24.6 Å². The molecule has 8 nitrogen and oxygen atoms in total. The van der Waals surface area contributed by atoms with E-state index in [2.05, 4.69) is 10.2 Å². The Morgan fingerprint density at radius 2 is 1.85 bits per heavy atom. The van der Waals surface area contributed by atoms with Crippen molar-refractivity contribution in [2.45, 2.75) is 12.5 Å².